The fraction of sp³-hybridized carbons (Fsp3) is 0.321. The number of rotatable bonds is 8. The van der Waals surface area contributed by atoms with Gasteiger partial charge in [-0.3, -0.25) is 4.90 Å². The number of nitrogens with zero attached hydrogens (tertiary/aromatic N) is 4. The first kappa shape index (κ1) is 29.2. The highest BCUT2D eigenvalue weighted by atomic mass is 19.4. The van der Waals surface area contributed by atoms with Crippen molar-refractivity contribution in [2.75, 3.05) is 43.2 Å². The van der Waals surface area contributed by atoms with E-state index in [1.54, 1.807) is 17.7 Å². The van der Waals surface area contributed by atoms with Crippen LogP contribution >= 0.6 is 0 Å². The number of ether oxygens (including phenoxy) is 1. The molecule has 42 heavy (non-hydrogen) atoms. The molecule has 0 spiro atoms. The lowest BCUT2D eigenvalue weighted by molar-refractivity contribution is -0.137. The molecule has 1 fully saturated rings. The molecule has 0 aliphatic carbocycles. The van der Waals surface area contributed by atoms with E-state index in [-0.39, 0.29) is 11.5 Å². The van der Waals surface area contributed by atoms with Crippen molar-refractivity contribution in [1.82, 2.24) is 19.5 Å². The van der Waals surface area contributed by atoms with Crippen LogP contribution in [-0.4, -0.2) is 58.4 Å². The maximum atomic E-state index is 15.2. The molecular weight excluding hydrogens is 561 g/mol. The molecule has 3 heterocycles. The number of anilines is 3. The molecule has 0 bridgehead atoms. The Morgan fingerprint density at radius 1 is 1.10 bits per heavy atom. The van der Waals surface area contributed by atoms with Gasteiger partial charge in [0.1, 0.15) is 23.5 Å². The van der Waals surface area contributed by atoms with Gasteiger partial charge in [-0.1, -0.05) is 6.07 Å². The number of urea groups is 1. The number of carbonyl (C=O) groups is 1. The summed E-state index contributed by atoms with van der Waals surface area (Å²) >= 11 is 0. The lowest BCUT2D eigenvalue weighted by atomic mass is 10.1. The number of carbonyl (C=O) groups excluding carboxylic acids is 1. The van der Waals surface area contributed by atoms with Gasteiger partial charge in [-0.05, 0) is 61.3 Å². The van der Waals surface area contributed by atoms with Gasteiger partial charge in [-0.25, -0.2) is 23.1 Å². The van der Waals surface area contributed by atoms with Gasteiger partial charge in [0.15, 0.2) is 5.82 Å². The van der Waals surface area contributed by atoms with Gasteiger partial charge in [0, 0.05) is 37.4 Å². The average Bonchev–Trinajstić information content (AvgIpc) is 3.54. The van der Waals surface area contributed by atoms with Crippen molar-refractivity contribution in [1.29, 1.82) is 0 Å². The van der Waals surface area contributed by atoms with Gasteiger partial charge in [0.2, 0.25) is 0 Å². The number of fused-ring (bicyclic) bond motifs is 1. The SMILES string of the molecule is COC[C@@H]1CCCN1CCc1cc(-c2ccc(NC(=O)Nc3cc(C(F)(F)F)ccc3F)c(F)c2)c2c(N)ncnn12. The number of hydrogen-bond donors (Lipinski definition) is 3. The highest BCUT2D eigenvalue weighted by Crippen LogP contribution is 2.34. The zero-order chi connectivity index (χ0) is 30.0. The van der Waals surface area contributed by atoms with Gasteiger partial charge in [0.25, 0.3) is 0 Å². The first-order valence-corrected chi connectivity index (χ1v) is 13.1. The van der Waals surface area contributed by atoms with Crippen LogP contribution in [0.2, 0.25) is 0 Å². The predicted molar refractivity (Wildman–Crippen MR) is 147 cm³/mol. The average molecular weight is 590 g/mol. The zero-order valence-corrected chi connectivity index (χ0v) is 22.5. The minimum Gasteiger partial charge on any atom is -0.383 e. The molecule has 1 atom stereocenters. The minimum atomic E-state index is -4.74. The van der Waals surface area contributed by atoms with E-state index in [1.165, 1.54) is 18.5 Å². The second kappa shape index (κ2) is 11.9. The molecule has 0 radical (unpaired) electrons. The third-order valence-electron chi connectivity index (χ3n) is 7.24. The molecule has 4 N–H and O–H groups in total. The number of amides is 2. The summed E-state index contributed by atoms with van der Waals surface area (Å²) in [7, 11) is 1.69. The largest absolute Gasteiger partial charge is 0.416 e. The van der Waals surface area contributed by atoms with Crippen molar-refractivity contribution in [2.45, 2.75) is 31.5 Å². The third kappa shape index (κ3) is 6.14. The maximum Gasteiger partial charge on any atom is 0.416 e. The molecule has 2 aromatic carbocycles. The monoisotopic (exact) mass is 589 g/mol. The molecule has 14 heteroatoms. The molecule has 0 saturated carbocycles. The molecule has 2 amide bonds. The van der Waals surface area contributed by atoms with Crippen molar-refractivity contribution < 1.29 is 31.5 Å². The zero-order valence-electron chi connectivity index (χ0n) is 22.5. The molecule has 9 nitrogen and oxygen atoms in total. The molecule has 1 aliphatic heterocycles. The van der Waals surface area contributed by atoms with E-state index in [9.17, 15) is 22.4 Å². The van der Waals surface area contributed by atoms with E-state index in [2.05, 4.69) is 20.3 Å². The molecule has 222 valence electrons. The van der Waals surface area contributed by atoms with Gasteiger partial charge >= 0.3 is 12.2 Å². The van der Waals surface area contributed by atoms with Crippen LogP contribution in [0.15, 0.2) is 48.8 Å². The van der Waals surface area contributed by atoms with Crippen LogP contribution in [0.5, 0.6) is 0 Å². The third-order valence-corrected chi connectivity index (χ3v) is 7.24. The van der Waals surface area contributed by atoms with Crippen molar-refractivity contribution in [3.63, 3.8) is 0 Å². The van der Waals surface area contributed by atoms with Crippen molar-refractivity contribution >= 4 is 28.7 Å². The van der Waals surface area contributed by atoms with Crippen LogP contribution in [0.1, 0.15) is 24.1 Å². The maximum absolute atomic E-state index is 15.2. The van der Waals surface area contributed by atoms with Crippen LogP contribution in [0.3, 0.4) is 0 Å². The number of likely N-dealkylation sites (tertiary alicyclic amines) is 1. The van der Waals surface area contributed by atoms with Crippen molar-refractivity contribution in [3.05, 3.63) is 71.7 Å². The number of nitrogen functional groups attached to an aromatic ring is 1. The molecule has 1 saturated heterocycles. The van der Waals surface area contributed by atoms with Crippen LogP contribution < -0.4 is 16.4 Å². The minimum absolute atomic E-state index is 0.204. The summed E-state index contributed by atoms with van der Waals surface area (Å²) in [5.41, 5.74) is 6.44. The van der Waals surface area contributed by atoms with E-state index in [4.69, 9.17) is 10.5 Å². The Balaban J connectivity index is 1.35. The predicted octanol–water partition coefficient (Wildman–Crippen LogP) is 5.57. The highest BCUT2D eigenvalue weighted by molar-refractivity contribution is 6.00. The molecule has 2 aromatic heterocycles. The summed E-state index contributed by atoms with van der Waals surface area (Å²) in [4.78, 5) is 18.8. The molecular formula is C28H28F5N7O2. The second-order valence-electron chi connectivity index (χ2n) is 9.96. The number of alkyl halides is 3. The molecule has 5 rings (SSSR count). The lowest BCUT2D eigenvalue weighted by Gasteiger charge is -2.23. The molecule has 4 aromatic rings. The normalized spacial score (nSPS) is 15.8. The van der Waals surface area contributed by atoms with E-state index in [0.717, 1.165) is 31.6 Å². The van der Waals surface area contributed by atoms with Crippen LogP contribution in [0.25, 0.3) is 16.6 Å². The number of methoxy groups -OCH3 is 1. The Kier molecular flexibility index (Phi) is 8.27. The Morgan fingerprint density at radius 2 is 1.88 bits per heavy atom. The second-order valence-corrected chi connectivity index (χ2v) is 9.96. The van der Waals surface area contributed by atoms with Gasteiger partial charge in [-0.15, -0.1) is 0 Å². The van der Waals surface area contributed by atoms with Crippen LogP contribution in [-0.2, 0) is 17.3 Å². The first-order valence-electron chi connectivity index (χ1n) is 13.1. The molecule has 1 aliphatic rings. The van der Waals surface area contributed by atoms with Gasteiger partial charge in [0.05, 0.1) is 23.5 Å². The number of nitrogens with two attached hydrogens (primary N) is 1. The number of nitrogens with one attached hydrogen (secondary N) is 2. The Labute approximate surface area is 237 Å². The standard InChI is InChI=1S/C28H28F5N7O2/c1-42-14-19-3-2-9-39(19)10-8-18-13-20(25-26(34)35-15-36-40(18)25)16-4-7-23(22(30)11-16)37-27(41)38-24-12-17(28(31,32)33)5-6-21(24)29/h4-7,11-13,15,19H,2-3,8-10,14H2,1H3,(H2,34,35,36)(H2,37,38,41)/t19-/m0/s1. The van der Waals surface area contributed by atoms with Crippen molar-refractivity contribution in [3.8, 4) is 11.1 Å². The fourth-order valence-corrected chi connectivity index (χ4v) is 5.22. The van der Waals surface area contributed by atoms with Crippen LogP contribution in [0.4, 0.5) is 43.9 Å². The summed E-state index contributed by atoms with van der Waals surface area (Å²) < 4.78 is 75.1. The van der Waals surface area contributed by atoms with Gasteiger partial charge in [-0.2, -0.15) is 18.3 Å². The Morgan fingerprint density at radius 3 is 2.62 bits per heavy atom. The van der Waals surface area contributed by atoms with E-state index >= 15 is 4.39 Å². The van der Waals surface area contributed by atoms with E-state index in [1.807, 2.05) is 11.4 Å². The van der Waals surface area contributed by atoms with E-state index in [0.29, 0.717) is 53.9 Å². The Hall–Kier alpha value is -4.30. The van der Waals surface area contributed by atoms with Gasteiger partial charge < -0.3 is 21.1 Å². The van der Waals surface area contributed by atoms with Crippen molar-refractivity contribution in [2.24, 2.45) is 0 Å². The summed E-state index contributed by atoms with van der Waals surface area (Å²) in [6, 6.07) is 6.70. The smallest absolute Gasteiger partial charge is 0.383 e. The summed E-state index contributed by atoms with van der Waals surface area (Å²) in [6.45, 7) is 2.39. The van der Waals surface area contributed by atoms with E-state index < -0.39 is 35.1 Å². The highest BCUT2D eigenvalue weighted by Gasteiger charge is 2.31. The quantitative estimate of drug-likeness (QED) is 0.232. The lowest BCUT2D eigenvalue weighted by Crippen LogP contribution is -2.34. The molecule has 0 unspecified atom stereocenters. The summed E-state index contributed by atoms with van der Waals surface area (Å²) in [5.74, 6) is -1.71. The summed E-state index contributed by atoms with van der Waals surface area (Å²) in [6.07, 6.45) is -0.586. The number of halogens is 5. The first-order chi connectivity index (χ1) is 20.0. The summed E-state index contributed by atoms with van der Waals surface area (Å²) in [5, 5.41) is 8.55. The topological polar surface area (TPSA) is 110 Å². The number of benzene rings is 2. The van der Waals surface area contributed by atoms with Crippen LogP contribution in [0, 0.1) is 11.6 Å². The Bertz CT molecular complexity index is 1610. The fourth-order valence-electron chi connectivity index (χ4n) is 5.22. The number of hydrogen-bond acceptors (Lipinski definition) is 6. The number of aromatic nitrogens is 3.